The molecule has 0 aliphatic rings. The van der Waals surface area contributed by atoms with Crippen molar-refractivity contribution < 1.29 is 32.2 Å². The van der Waals surface area contributed by atoms with E-state index >= 15 is 0 Å². The van der Waals surface area contributed by atoms with Gasteiger partial charge in [-0.3, -0.25) is 4.79 Å². The number of nitrogens with one attached hydrogen (secondary N) is 1. The Labute approximate surface area is 175 Å². The minimum Gasteiger partial charge on any atom is -0.452 e. The normalized spacial score (nSPS) is 11.6. The maximum atomic E-state index is 12.5. The number of alkyl halides is 3. The standard InChI is InChI=1S/C20H19F3N4O4/c1-11(2)27-18-16(9-24-27)15(8-12(3)25-18)19(29)30-10-17(28)26-13-4-6-14(7-5-13)31-20(21,22)23/h4-9,11H,10H2,1-3H3,(H,26,28). The molecule has 0 aliphatic heterocycles. The Bertz CT molecular complexity index is 1110. The molecule has 0 saturated carbocycles. The monoisotopic (exact) mass is 436 g/mol. The second kappa shape index (κ2) is 8.62. The number of fused-ring (bicyclic) bond motifs is 1. The van der Waals surface area contributed by atoms with Crippen molar-refractivity contribution in [3.63, 3.8) is 0 Å². The number of carbonyl (C=O) groups is 2. The third-order valence-electron chi connectivity index (χ3n) is 4.11. The summed E-state index contributed by atoms with van der Waals surface area (Å²) in [6.45, 7) is 5.01. The number of pyridine rings is 1. The molecule has 1 aromatic carbocycles. The third kappa shape index (κ3) is 5.50. The lowest BCUT2D eigenvalue weighted by Crippen LogP contribution is -2.21. The van der Waals surface area contributed by atoms with E-state index in [1.807, 2.05) is 13.8 Å². The molecule has 11 heteroatoms. The summed E-state index contributed by atoms with van der Waals surface area (Å²) in [5, 5.41) is 7.17. The van der Waals surface area contributed by atoms with E-state index in [4.69, 9.17) is 4.74 Å². The molecule has 0 fully saturated rings. The van der Waals surface area contributed by atoms with E-state index < -0.39 is 30.6 Å². The van der Waals surface area contributed by atoms with Gasteiger partial charge < -0.3 is 14.8 Å². The lowest BCUT2D eigenvalue weighted by Gasteiger charge is -2.11. The number of anilines is 1. The fourth-order valence-electron chi connectivity index (χ4n) is 2.84. The van der Waals surface area contributed by atoms with Gasteiger partial charge in [0.1, 0.15) is 5.75 Å². The molecule has 0 saturated heterocycles. The molecular formula is C20H19F3N4O4. The maximum Gasteiger partial charge on any atom is 0.573 e. The molecule has 0 atom stereocenters. The number of ether oxygens (including phenoxy) is 2. The summed E-state index contributed by atoms with van der Waals surface area (Å²) in [5.74, 6) is -1.79. The van der Waals surface area contributed by atoms with Gasteiger partial charge in [-0.05, 0) is 51.1 Å². The van der Waals surface area contributed by atoms with Crippen LogP contribution in [0.1, 0.15) is 35.9 Å². The van der Waals surface area contributed by atoms with Gasteiger partial charge >= 0.3 is 12.3 Å². The van der Waals surface area contributed by atoms with Gasteiger partial charge in [0.25, 0.3) is 5.91 Å². The molecule has 0 bridgehead atoms. The third-order valence-corrected chi connectivity index (χ3v) is 4.11. The molecule has 164 valence electrons. The van der Waals surface area contributed by atoms with Gasteiger partial charge in [-0.2, -0.15) is 5.10 Å². The second-order valence-electron chi connectivity index (χ2n) is 6.93. The highest BCUT2D eigenvalue weighted by Crippen LogP contribution is 2.24. The highest BCUT2D eigenvalue weighted by atomic mass is 19.4. The number of aryl methyl sites for hydroxylation is 1. The number of esters is 1. The largest absolute Gasteiger partial charge is 0.573 e. The molecule has 2 aromatic heterocycles. The van der Waals surface area contributed by atoms with Crippen molar-refractivity contribution >= 4 is 28.6 Å². The van der Waals surface area contributed by atoms with Gasteiger partial charge in [0.05, 0.1) is 17.1 Å². The number of carbonyl (C=O) groups excluding carboxylic acids is 2. The average molecular weight is 436 g/mol. The van der Waals surface area contributed by atoms with Crippen LogP contribution < -0.4 is 10.1 Å². The van der Waals surface area contributed by atoms with Crippen molar-refractivity contribution in [3.05, 3.63) is 47.8 Å². The van der Waals surface area contributed by atoms with Crippen molar-refractivity contribution in [3.8, 4) is 5.75 Å². The zero-order valence-corrected chi connectivity index (χ0v) is 16.9. The van der Waals surface area contributed by atoms with Crippen LogP contribution in [0.15, 0.2) is 36.5 Å². The number of nitrogens with zero attached hydrogens (tertiary/aromatic N) is 3. The van der Waals surface area contributed by atoms with Crippen LogP contribution in [0.5, 0.6) is 5.75 Å². The lowest BCUT2D eigenvalue weighted by atomic mass is 10.1. The van der Waals surface area contributed by atoms with Crippen molar-refractivity contribution in [1.29, 1.82) is 0 Å². The highest BCUT2D eigenvalue weighted by molar-refractivity contribution is 6.03. The van der Waals surface area contributed by atoms with E-state index in [0.717, 1.165) is 12.1 Å². The van der Waals surface area contributed by atoms with Crippen LogP contribution in [0.25, 0.3) is 11.0 Å². The first-order chi connectivity index (χ1) is 14.5. The second-order valence-corrected chi connectivity index (χ2v) is 6.93. The molecule has 0 radical (unpaired) electrons. The van der Waals surface area contributed by atoms with Crippen molar-refractivity contribution in [2.75, 3.05) is 11.9 Å². The Hall–Kier alpha value is -3.63. The van der Waals surface area contributed by atoms with Gasteiger partial charge in [-0.1, -0.05) is 0 Å². The minimum atomic E-state index is -4.80. The summed E-state index contributed by atoms with van der Waals surface area (Å²) in [4.78, 5) is 29.0. The smallest absolute Gasteiger partial charge is 0.452 e. The first-order valence-electron chi connectivity index (χ1n) is 9.21. The Morgan fingerprint density at radius 3 is 2.48 bits per heavy atom. The number of hydrogen-bond donors (Lipinski definition) is 1. The summed E-state index contributed by atoms with van der Waals surface area (Å²) in [6.07, 6.45) is -3.29. The van der Waals surface area contributed by atoms with Gasteiger partial charge in [0.2, 0.25) is 0 Å². The fraction of sp³-hybridized carbons (Fsp3) is 0.300. The number of benzene rings is 1. The van der Waals surface area contributed by atoms with Crippen molar-refractivity contribution in [2.24, 2.45) is 0 Å². The molecule has 2 heterocycles. The zero-order chi connectivity index (χ0) is 22.8. The lowest BCUT2D eigenvalue weighted by molar-refractivity contribution is -0.274. The molecule has 8 nitrogen and oxygen atoms in total. The van der Waals surface area contributed by atoms with Crippen LogP contribution in [-0.4, -0.2) is 39.6 Å². The zero-order valence-electron chi connectivity index (χ0n) is 16.9. The average Bonchev–Trinajstić information content (AvgIpc) is 3.10. The molecule has 0 spiro atoms. The molecule has 0 aliphatic carbocycles. The van der Waals surface area contributed by atoms with Crippen LogP contribution in [0.4, 0.5) is 18.9 Å². The van der Waals surface area contributed by atoms with Gasteiger partial charge in [0, 0.05) is 17.4 Å². The van der Waals surface area contributed by atoms with E-state index in [1.54, 1.807) is 17.7 Å². The molecule has 3 rings (SSSR count). The van der Waals surface area contributed by atoms with E-state index in [2.05, 4.69) is 20.1 Å². The molecule has 3 aromatic rings. The summed E-state index contributed by atoms with van der Waals surface area (Å²) in [5.41, 5.74) is 1.58. The number of amides is 1. The first-order valence-corrected chi connectivity index (χ1v) is 9.21. The van der Waals surface area contributed by atoms with Crippen LogP contribution in [0, 0.1) is 6.92 Å². The van der Waals surface area contributed by atoms with E-state index in [1.165, 1.54) is 18.3 Å². The Kier molecular flexibility index (Phi) is 6.14. The quantitative estimate of drug-likeness (QED) is 0.587. The van der Waals surface area contributed by atoms with Gasteiger partial charge in [0.15, 0.2) is 12.3 Å². The maximum absolute atomic E-state index is 12.5. The Morgan fingerprint density at radius 1 is 1.19 bits per heavy atom. The Morgan fingerprint density at radius 2 is 1.87 bits per heavy atom. The highest BCUT2D eigenvalue weighted by Gasteiger charge is 2.31. The summed E-state index contributed by atoms with van der Waals surface area (Å²) < 4.78 is 47.1. The summed E-state index contributed by atoms with van der Waals surface area (Å²) in [7, 11) is 0. The van der Waals surface area contributed by atoms with Crippen LogP contribution in [0.2, 0.25) is 0 Å². The molecule has 31 heavy (non-hydrogen) atoms. The van der Waals surface area contributed by atoms with Crippen LogP contribution >= 0.6 is 0 Å². The molecule has 1 amide bonds. The first kappa shape index (κ1) is 22.1. The van der Waals surface area contributed by atoms with E-state index in [-0.39, 0.29) is 17.3 Å². The van der Waals surface area contributed by atoms with E-state index in [9.17, 15) is 22.8 Å². The minimum absolute atomic E-state index is 0.0365. The van der Waals surface area contributed by atoms with Crippen LogP contribution in [-0.2, 0) is 9.53 Å². The Balaban J connectivity index is 1.64. The molecule has 1 N–H and O–H groups in total. The summed E-state index contributed by atoms with van der Waals surface area (Å²) in [6, 6.07) is 6.16. The van der Waals surface area contributed by atoms with Gasteiger partial charge in [-0.15, -0.1) is 13.2 Å². The van der Waals surface area contributed by atoms with Gasteiger partial charge in [-0.25, -0.2) is 14.5 Å². The van der Waals surface area contributed by atoms with E-state index in [0.29, 0.717) is 16.7 Å². The predicted octanol–water partition coefficient (Wildman–Crippen LogP) is 4.01. The number of rotatable bonds is 6. The topological polar surface area (TPSA) is 95.3 Å². The molecular weight excluding hydrogens is 417 g/mol. The molecule has 0 unspecified atom stereocenters. The predicted molar refractivity (Wildman–Crippen MR) is 105 cm³/mol. The summed E-state index contributed by atoms with van der Waals surface area (Å²) >= 11 is 0. The number of halogens is 3. The number of hydrogen-bond acceptors (Lipinski definition) is 6. The number of aromatic nitrogens is 3. The van der Waals surface area contributed by atoms with Crippen molar-refractivity contribution in [1.82, 2.24) is 14.8 Å². The SMILES string of the molecule is Cc1cc(C(=O)OCC(=O)Nc2ccc(OC(F)(F)F)cc2)c2cnn(C(C)C)c2n1. The van der Waals surface area contributed by atoms with Crippen molar-refractivity contribution in [2.45, 2.75) is 33.2 Å². The fourth-order valence-corrected chi connectivity index (χ4v) is 2.84. The van der Waals surface area contributed by atoms with Crippen LogP contribution in [0.3, 0.4) is 0 Å².